The van der Waals surface area contributed by atoms with Crippen LogP contribution in [0.2, 0.25) is 5.02 Å². The monoisotopic (exact) mass is 258 g/mol. The average Bonchev–Trinajstić information content (AvgIpc) is 2.71. The zero-order valence-corrected chi connectivity index (χ0v) is 9.95. The zero-order chi connectivity index (χ0) is 12.3. The third-order valence-electron chi connectivity index (χ3n) is 2.07. The molecule has 0 saturated carbocycles. The van der Waals surface area contributed by atoms with Crippen LogP contribution in [-0.2, 0) is 9.53 Å². The van der Waals surface area contributed by atoms with E-state index in [4.69, 9.17) is 30.5 Å². The first-order valence-electron chi connectivity index (χ1n) is 5.02. The fraction of sp³-hybridized carbons (Fsp3) is 0.364. The molecule has 0 bridgehead atoms. The molecule has 0 atom stereocenters. The topological polar surface area (TPSA) is 54.0 Å². The molecule has 1 aromatic carbocycles. The summed E-state index contributed by atoms with van der Waals surface area (Å²) in [7, 11) is 0. The predicted octanol–water partition coefficient (Wildman–Crippen LogP) is 2.01. The smallest absolute Gasteiger partial charge is 0.302 e. The van der Waals surface area contributed by atoms with E-state index in [1.54, 1.807) is 12.1 Å². The summed E-state index contributed by atoms with van der Waals surface area (Å²) in [6.45, 7) is 1.94. The molecule has 0 amide bonds. The van der Waals surface area contributed by atoms with Crippen molar-refractivity contribution in [3.63, 3.8) is 0 Å². The molecule has 0 aliphatic carbocycles. The lowest BCUT2D eigenvalue weighted by atomic mass is 10.3. The van der Waals surface area contributed by atoms with Crippen LogP contribution in [0.15, 0.2) is 12.1 Å². The van der Waals surface area contributed by atoms with Crippen molar-refractivity contribution < 1.29 is 23.7 Å². The van der Waals surface area contributed by atoms with E-state index in [1.165, 1.54) is 6.92 Å². The molecule has 0 radical (unpaired) electrons. The standard InChI is InChI=1S/C11H11ClO5/c1-7(13)14-2-3-15-9-5-11-10(4-8(9)12)16-6-17-11/h4-5H,2-3,6H2,1H3. The highest BCUT2D eigenvalue weighted by molar-refractivity contribution is 6.32. The summed E-state index contributed by atoms with van der Waals surface area (Å²) in [6, 6.07) is 3.28. The summed E-state index contributed by atoms with van der Waals surface area (Å²) >= 11 is 5.98. The van der Waals surface area contributed by atoms with Gasteiger partial charge in [-0.2, -0.15) is 0 Å². The number of fused-ring (bicyclic) bond motifs is 1. The Morgan fingerprint density at radius 3 is 2.76 bits per heavy atom. The van der Waals surface area contributed by atoms with Crippen molar-refractivity contribution in [2.45, 2.75) is 6.92 Å². The molecule has 1 aromatic rings. The number of esters is 1. The van der Waals surface area contributed by atoms with E-state index >= 15 is 0 Å². The van der Waals surface area contributed by atoms with Crippen LogP contribution in [-0.4, -0.2) is 26.0 Å². The molecule has 0 aromatic heterocycles. The van der Waals surface area contributed by atoms with Crippen LogP contribution in [0, 0.1) is 0 Å². The first-order chi connectivity index (χ1) is 8.16. The Morgan fingerprint density at radius 2 is 2.06 bits per heavy atom. The number of benzene rings is 1. The van der Waals surface area contributed by atoms with Gasteiger partial charge >= 0.3 is 5.97 Å². The van der Waals surface area contributed by atoms with E-state index in [9.17, 15) is 4.79 Å². The second-order valence-corrected chi connectivity index (χ2v) is 3.73. The van der Waals surface area contributed by atoms with E-state index in [-0.39, 0.29) is 26.0 Å². The van der Waals surface area contributed by atoms with Gasteiger partial charge in [-0.1, -0.05) is 11.6 Å². The van der Waals surface area contributed by atoms with Crippen LogP contribution >= 0.6 is 11.6 Å². The fourth-order valence-electron chi connectivity index (χ4n) is 1.35. The van der Waals surface area contributed by atoms with Crippen molar-refractivity contribution in [2.75, 3.05) is 20.0 Å². The molecular weight excluding hydrogens is 248 g/mol. The summed E-state index contributed by atoms with van der Waals surface area (Å²) in [5.41, 5.74) is 0. The minimum atomic E-state index is -0.342. The summed E-state index contributed by atoms with van der Waals surface area (Å²) in [5, 5.41) is 0.428. The molecule has 0 fully saturated rings. The third-order valence-corrected chi connectivity index (χ3v) is 2.37. The Labute approximate surface area is 103 Å². The van der Waals surface area contributed by atoms with Gasteiger partial charge in [-0.3, -0.25) is 4.79 Å². The summed E-state index contributed by atoms with van der Waals surface area (Å²) in [5.74, 6) is 1.33. The summed E-state index contributed by atoms with van der Waals surface area (Å²) in [6.07, 6.45) is 0. The first-order valence-corrected chi connectivity index (χ1v) is 5.40. The van der Waals surface area contributed by atoms with Gasteiger partial charge in [-0.25, -0.2) is 0 Å². The molecule has 0 spiro atoms. The van der Waals surface area contributed by atoms with Gasteiger partial charge < -0.3 is 18.9 Å². The Hall–Kier alpha value is -1.62. The molecule has 92 valence electrons. The van der Waals surface area contributed by atoms with Crippen LogP contribution in [0.25, 0.3) is 0 Å². The van der Waals surface area contributed by atoms with Crippen molar-refractivity contribution >= 4 is 17.6 Å². The molecule has 2 rings (SSSR count). The number of halogens is 1. The number of rotatable bonds is 4. The van der Waals surface area contributed by atoms with E-state index in [1.807, 2.05) is 0 Å². The van der Waals surface area contributed by atoms with Crippen molar-refractivity contribution in [3.05, 3.63) is 17.2 Å². The lowest BCUT2D eigenvalue weighted by Gasteiger charge is -2.08. The van der Waals surface area contributed by atoms with Crippen LogP contribution in [0.5, 0.6) is 17.2 Å². The highest BCUT2D eigenvalue weighted by Gasteiger charge is 2.17. The molecule has 1 aliphatic rings. The Bertz CT molecular complexity index is 432. The highest BCUT2D eigenvalue weighted by Crippen LogP contribution is 2.40. The number of hydrogen-bond acceptors (Lipinski definition) is 5. The lowest BCUT2D eigenvalue weighted by Crippen LogP contribution is -2.09. The maximum absolute atomic E-state index is 10.5. The minimum absolute atomic E-state index is 0.181. The van der Waals surface area contributed by atoms with Crippen molar-refractivity contribution in [2.24, 2.45) is 0 Å². The van der Waals surface area contributed by atoms with Gasteiger partial charge in [-0.05, 0) is 0 Å². The van der Waals surface area contributed by atoms with Gasteiger partial charge in [0.2, 0.25) is 6.79 Å². The molecule has 5 nitrogen and oxygen atoms in total. The fourth-order valence-corrected chi connectivity index (χ4v) is 1.55. The number of hydrogen-bond donors (Lipinski definition) is 0. The maximum atomic E-state index is 10.5. The Kier molecular flexibility index (Phi) is 3.58. The van der Waals surface area contributed by atoms with Gasteiger partial charge in [0, 0.05) is 19.1 Å². The molecule has 0 N–H and O–H groups in total. The molecule has 1 aliphatic heterocycles. The van der Waals surface area contributed by atoms with Crippen LogP contribution in [0.4, 0.5) is 0 Å². The average molecular weight is 259 g/mol. The largest absolute Gasteiger partial charge is 0.488 e. The minimum Gasteiger partial charge on any atom is -0.488 e. The van der Waals surface area contributed by atoms with Crippen LogP contribution in [0.1, 0.15) is 6.92 Å². The van der Waals surface area contributed by atoms with E-state index in [0.717, 1.165) is 0 Å². The molecule has 6 heteroatoms. The summed E-state index contributed by atoms with van der Waals surface area (Å²) in [4.78, 5) is 10.5. The van der Waals surface area contributed by atoms with Gasteiger partial charge in [0.25, 0.3) is 0 Å². The van der Waals surface area contributed by atoms with E-state index in [2.05, 4.69) is 0 Å². The molecule has 0 saturated heterocycles. The Morgan fingerprint density at radius 1 is 1.35 bits per heavy atom. The second kappa shape index (κ2) is 5.14. The van der Waals surface area contributed by atoms with Gasteiger partial charge in [0.1, 0.15) is 19.0 Å². The van der Waals surface area contributed by atoms with Gasteiger partial charge in [0.05, 0.1) is 5.02 Å². The van der Waals surface area contributed by atoms with Gasteiger partial charge in [0.15, 0.2) is 11.5 Å². The maximum Gasteiger partial charge on any atom is 0.302 e. The van der Waals surface area contributed by atoms with Crippen molar-refractivity contribution in [3.8, 4) is 17.2 Å². The van der Waals surface area contributed by atoms with Crippen LogP contribution in [0.3, 0.4) is 0 Å². The summed E-state index contributed by atoms with van der Waals surface area (Å²) < 4.78 is 20.5. The van der Waals surface area contributed by atoms with E-state index in [0.29, 0.717) is 22.3 Å². The van der Waals surface area contributed by atoms with Crippen LogP contribution < -0.4 is 14.2 Å². The number of carbonyl (C=O) groups excluding carboxylic acids is 1. The normalized spacial score (nSPS) is 12.4. The zero-order valence-electron chi connectivity index (χ0n) is 9.20. The Balaban J connectivity index is 1.94. The lowest BCUT2D eigenvalue weighted by molar-refractivity contribution is -0.141. The van der Waals surface area contributed by atoms with Crippen molar-refractivity contribution in [1.82, 2.24) is 0 Å². The first kappa shape index (κ1) is 11.9. The molecule has 17 heavy (non-hydrogen) atoms. The third kappa shape index (κ3) is 2.94. The second-order valence-electron chi connectivity index (χ2n) is 3.32. The van der Waals surface area contributed by atoms with Crippen molar-refractivity contribution in [1.29, 1.82) is 0 Å². The van der Waals surface area contributed by atoms with Gasteiger partial charge in [-0.15, -0.1) is 0 Å². The number of ether oxygens (including phenoxy) is 4. The molecule has 0 unspecified atom stereocenters. The molecular formula is C11H11ClO5. The quantitative estimate of drug-likeness (QED) is 0.611. The van der Waals surface area contributed by atoms with E-state index < -0.39 is 0 Å². The number of carbonyl (C=O) groups is 1. The molecule has 1 heterocycles. The SMILES string of the molecule is CC(=O)OCCOc1cc2c(cc1Cl)OCO2. The predicted molar refractivity (Wildman–Crippen MR) is 59.7 cm³/mol. The highest BCUT2D eigenvalue weighted by atomic mass is 35.5.